The van der Waals surface area contributed by atoms with Gasteiger partial charge in [-0.1, -0.05) is 30.3 Å². The van der Waals surface area contributed by atoms with Gasteiger partial charge >= 0.3 is 0 Å². The largest absolute Gasteiger partial charge is 0.497 e. The lowest BCUT2D eigenvalue weighted by atomic mass is 10.1. The molecule has 2 rings (SSSR count). The average Bonchev–Trinajstić information content (AvgIpc) is 2.63. The minimum atomic E-state index is -0.00428. The number of nitrogens with one attached hydrogen (secondary N) is 2. The highest BCUT2D eigenvalue weighted by Crippen LogP contribution is 2.16. The molecule has 0 atom stereocenters. The SMILES string of the molecule is COc1ccc(OCCNCC(=O)NCCc2ccccc2)cc1. The summed E-state index contributed by atoms with van der Waals surface area (Å²) in [6.07, 6.45) is 0.840. The van der Waals surface area contributed by atoms with Crippen molar-refractivity contribution >= 4 is 5.91 Å². The summed E-state index contributed by atoms with van der Waals surface area (Å²) >= 11 is 0. The summed E-state index contributed by atoms with van der Waals surface area (Å²) in [5.74, 6) is 1.58. The number of carbonyl (C=O) groups excluding carboxylic acids is 1. The highest BCUT2D eigenvalue weighted by molar-refractivity contribution is 5.77. The van der Waals surface area contributed by atoms with Crippen LogP contribution in [0.15, 0.2) is 54.6 Å². The maximum atomic E-state index is 11.7. The Bertz CT molecular complexity index is 600. The van der Waals surface area contributed by atoms with Crippen molar-refractivity contribution in [3.63, 3.8) is 0 Å². The molecule has 0 unspecified atom stereocenters. The molecule has 2 aromatic carbocycles. The molecule has 128 valence electrons. The van der Waals surface area contributed by atoms with Crippen LogP contribution in [-0.4, -0.2) is 39.3 Å². The molecule has 1 amide bonds. The predicted molar refractivity (Wildman–Crippen MR) is 94.5 cm³/mol. The second kappa shape index (κ2) is 10.3. The third-order valence-corrected chi connectivity index (χ3v) is 3.47. The topological polar surface area (TPSA) is 59.6 Å². The van der Waals surface area contributed by atoms with E-state index in [1.165, 1.54) is 5.56 Å². The monoisotopic (exact) mass is 328 g/mol. The van der Waals surface area contributed by atoms with Crippen LogP contribution >= 0.6 is 0 Å². The van der Waals surface area contributed by atoms with Crippen LogP contribution < -0.4 is 20.1 Å². The van der Waals surface area contributed by atoms with Gasteiger partial charge in [0.1, 0.15) is 18.1 Å². The van der Waals surface area contributed by atoms with E-state index in [-0.39, 0.29) is 5.91 Å². The lowest BCUT2D eigenvalue weighted by Crippen LogP contribution is -2.36. The van der Waals surface area contributed by atoms with Crippen LogP contribution in [0.4, 0.5) is 0 Å². The number of hydrogen-bond donors (Lipinski definition) is 2. The molecule has 5 nitrogen and oxygen atoms in total. The molecular weight excluding hydrogens is 304 g/mol. The molecule has 0 fully saturated rings. The van der Waals surface area contributed by atoms with Crippen molar-refractivity contribution in [1.29, 1.82) is 0 Å². The lowest BCUT2D eigenvalue weighted by Gasteiger charge is -2.09. The van der Waals surface area contributed by atoms with Crippen molar-refractivity contribution in [2.75, 3.05) is 33.4 Å². The molecule has 2 N–H and O–H groups in total. The summed E-state index contributed by atoms with van der Waals surface area (Å²) in [6, 6.07) is 17.5. The molecule has 0 aromatic heterocycles. The van der Waals surface area contributed by atoms with Crippen molar-refractivity contribution in [3.8, 4) is 11.5 Å². The first kappa shape index (κ1) is 17.8. The van der Waals surface area contributed by atoms with Crippen molar-refractivity contribution in [2.45, 2.75) is 6.42 Å². The number of amides is 1. The van der Waals surface area contributed by atoms with Crippen LogP contribution in [0, 0.1) is 0 Å². The Hall–Kier alpha value is -2.53. The Kier molecular flexibility index (Phi) is 7.63. The first-order valence-electron chi connectivity index (χ1n) is 8.06. The van der Waals surface area contributed by atoms with E-state index in [1.54, 1.807) is 7.11 Å². The van der Waals surface area contributed by atoms with Gasteiger partial charge in [-0.25, -0.2) is 0 Å². The smallest absolute Gasteiger partial charge is 0.233 e. The van der Waals surface area contributed by atoms with Gasteiger partial charge < -0.3 is 20.1 Å². The molecule has 0 aliphatic rings. The van der Waals surface area contributed by atoms with E-state index in [4.69, 9.17) is 9.47 Å². The Morgan fingerprint density at radius 3 is 2.38 bits per heavy atom. The molecule has 24 heavy (non-hydrogen) atoms. The molecule has 0 heterocycles. The van der Waals surface area contributed by atoms with E-state index in [0.29, 0.717) is 26.2 Å². The third kappa shape index (κ3) is 6.71. The molecule has 0 saturated carbocycles. The van der Waals surface area contributed by atoms with Crippen LogP contribution in [0.1, 0.15) is 5.56 Å². The maximum absolute atomic E-state index is 11.7. The standard InChI is InChI=1S/C19H24N2O3/c1-23-17-7-9-18(10-8-17)24-14-13-20-15-19(22)21-12-11-16-5-3-2-4-6-16/h2-10,20H,11-15H2,1H3,(H,21,22). The van der Waals surface area contributed by atoms with Gasteiger partial charge in [0.15, 0.2) is 0 Å². The molecule has 0 radical (unpaired) electrons. The van der Waals surface area contributed by atoms with Gasteiger partial charge in [0.05, 0.1) is 13.7 Å². The third-order valence-electron chi connectivity index (χ3n) is 3.47. The number of carbonyl (C=O) groups is 1. The van der Waals surface area contributed by atoms with Crippen LogP contribution in [0.5, 0.6) is 11.5 Å². The van der Waals surface area contributed by atoms with Crippen LogP contribution in [0.2, 0.25) is 0 Å². The first-order chi connectivity index (χ1) is 11.8. The Labute approximate surface area is 143 Å². The van der Waals surface area contributed by atoms with E-state index in [9.17, 15) is 4.79 Å². The van der Waals surface area contributed by atoms with Gasteiger partial charge in [0.25, 0.3) is 0 Å². The number of benzene rings is 2. The predicted octanol–water partition coefficient (Wildman–Crippen LogP) is 2.02. The second-order valence-corrected chi connectivity index (χ2v) is 5.29. The molecule has 0 saturated heterocycles. The highest BCUT2D eigenvalue weighted by Gasteiger charge is 2.00. The molecular formula is C19H24N2O3. The van der Waals surface area contributed by atoms with Crippen LogP contribution in [-0.2, 0) is 11.2 Å². The summed E-state index contributed by atoms with van der Waals surface area (Å²) in [5.41, 5.74) is 1.22. The fourth-order valence-electron chi connectivity index (χ4n) is 2.17. The van der Waals surface area contributed by atoms with Crippen LogP contribution in [0.25, 0.3) is 0 Å². The average molecular weight is 328 g/mol. The number of methoxy groups -OCH3 is 1. The van der Waals surface area contributed by atoms with E-state index in [2.05, 4.69) is 22.8 Å². The van der Waals surface area contributed by atoms with Gasteiger partial charge in [0, 0.05) is 13.1 Å². The van der Waals surface area contributed by atoms with Crippen molar-refractivity contribution < 1.29 is 14.3 Å². The van der Waals surface area contributed by atoms with E-state index < -0.39 is 0 Å². The zero-order valence-electron chi connectivity index (χ0n) is 14.0. The van der Waals surface area contributed by atoms with E-state index >= 15 is 0 Å². The molecule has 0 aliphatic carbocycles. The first-order valence-corrected chi connectivity index (χ1v) is 8.06. The maximum Gasteiger partial charge on any atom is 0.233 e. The van der Waals surface area contributed by atoms with Gasteiger partial charge in [-0.05, 0) is 36.2 Å². The summed E-state index contributed by atoms with van der Waals surface area (Å²) in [6.45, 7) is 2.05. The molecule has 0 spiro atoms. The van der Waals surface area contributed by atoms with Crippen molar-refractivity contribution in [1.82, 2.24) is 10.6 Å². The molecule has 2 aromatic rings. The van der Waals surface area contributed by atoms with Gasteiger partial charge in [-0.15, -0.1) is 0 Å². The molecule has 0 aliphatic heterocycles. The fraction of sp³-hybridized carbons (Fsp3) is 0.316. The minimum Gasteiger partial charge on any atom is -0.497 e. The van der Waals surface area contributed by atoms with Crippen molar-refractivity contribution in [2.24, 2.45) is 0 Å². The van der Waals surface area contributed by atoms with Gasteiger partial charge in [0.2, 0.25) is 5.91 Å². The fourth-order valence-corrected chi connectivity index (χ4v) is 2.17. The van der Waals surface area contributed by atoms with Crippen molar-refractivity contribution in [3.05, 3.63) is 60.2 Å². The Morgan fingerprint density at radius 1 is 0.958 bits per heavy atom. The number of rotatable bonds is 10. The normalized spacial score (nSPS) is 10.2. The summed E-state index contributed by atoms with van der Waals surface area (Å²) in [5, 5.41) is 5.96. The quantitative estimate of drug-likeness (QED) is 0.655. The zero-order chi connectivity index (χ0) is 17.0. The summed E-state index contributed by atoms with van der Waals surface area (Å²) in [4.78, 5) is 11.7. The molecule has 5 heteroatoms. The Balaban J connectivity index is 1.51. The number of ether oxygens (including phenoxy) is 2. The van der Waals surface area contributed by atoms with E-state index in [0.717, 1.165) is 17.9 Å². The zero-order valence-corrected chi connectivity index (χ0v) is 14.0. The molecule has 0 bridgehead atoms. The van der Waals surface area contributed by atoms with Crippen LogP contribution in [0.3, 0.4) is 0 Å². The summed E-state index contributed by atoms with van der Waals surface area (Å²) < 4.78 is 10.7. The van der Waals surface area contributed by atoms with Gasteiger partial charge in [-0.2, -0.15) is 0 Å². The minimum absolute atomic E-state index is 0.00428. The highest BCUT2D eigenvalue weighted by atomic mass is 16.5. The van der Waals surface area contributed by atoms with E-state index in [1.807, 2.05) is 42.5 Å². The lowest BCUT2D eigenvalue weighted by molar-refractivity contribution is -0.120. The summed E-state index contributed by atoms with van der Waals surface area (Å²) in [7, 11) is 1.63. The second-order valence-electron chi connectivity index (χ2n) is 5.29. The van der Waals surface area contributed by atoms with Gasteiger partial charge in [-0.3, -0.25) is 4.79 Å². The number of hydrogen-bond acceptors (Lipinski definition) is 4. The Morgan fingerprint density at radius 2 is 1.67 bits per heavy atom.